The zero-order valence-electron chi connectivity index (χ0n) is 14.4. The van der Waals surface area contributed by atoms with Crippen LogP contribution in [0.1, 0.15) is 29.0 Å². The van der Waals surface area contributed by atoms with E-state index in [1.54, 1.807) is 23.1 Å². The first-order chi connectivity index (χ1) is 12.7. The molecular weight excluding hydrogens is 330 g/mol. The van der Waals surface area contributed by atoms with E-state index in [0.717, 1.165) is 24.8 Å². The summed E-state index contributed by atoms with van der Waals surface area (Å²) in [6.07, 6.45) is 1.97. The number of phenols is 1. The number of para-hydroxylation sites is 2. The van der Waals surface area contributed by atoms with E-state index < -0.39 is 0 Å². The van der Waals surface area contributed by atoms with E-state index in [0.29, 0.717) is 30.0 Å². The fourth-order valence-electron chi connectivity index (χ4n) is 3.35. The van der Waals surface area contributed by atoms with Crippen LogP contribution in [0.5, 0.6) is 5.75 Å². The summed E-state index contributed by atoms with van der Waals surface area (Å²) in [5, 5.41) is 11.0. The number of carbonyl (C=O) groups excluding carboxylic acids is 1. The van der Waals surface area contributed by atoms with E-state index in [1.165, 1.54) is 0 Å². The van der Waals surface area contributed by atoms with Crippen LogP contribution >= 0.6 is 0 Å². The Balaban J connectivity index is 1.62. The fraction of sp³-hybridized carbons (Fsp3) is 0.286. The van der Waals surface area contributed by atoms with Crippen LogP contribution in [-0.4, -0.2) is 35.2 Å². The van der Waals surface area contributed by atoms with E-state index in [-0.39, 0.29) is 17.8 Å². The van der Waals surface area contributed by atoms with Gasteiger partial charge in [0.1, 0.15) is 11.3 Å². The number of rotatable bonds is 5. The molecule has 1 aromatic heterocycles. The van der Waals surface area contributed by atoms with Crippen molar-refractivity contribution < 1.29 is 19.1 Å². The van der Waals surface area contributed by atoms with E-state index >= 15 is 0 Å². The van der Waals surface area contributed by atoms with Crippen molar-refractivity contribution in [3.05, 3.63) is 65.9 Å². The topological polar surface area (TPSA) is 62.9 Å². The number of nitrogens with zero attached hydrogens (tertiary/aromatic N) is 1. The molecule has 5 heteroatoms. The lowest BCUT2D eigenvalue weighted by molar-refractivity contribution is 0.0484. The van der Waals surface area contributed by atoms with Gasteiger partial charge in [-0.3, -0.25) is 4.79 Å². The number of phenolic OH excluding ortho intramolecular Hbond substituents is 1. The number of fused-ring (bicyclic) bond motifs is 1. The molecule has 1 unspecified atom stereocenters. The van der Waals surface area contributed by atoms with Gasteiger partial charge in [0.15, 0.2) is 5.76 Å². The molecule has 2 aromatic carbocycles. The highest BCUT2D eigenvalue weighted by molar-refractivity contribution is 5.96. The Bertz CT molecular complexity index is 878. The Morgan fingerprint density at radius 3 is 2.73 bits per heavy atom. The molecule has 5 nitrogen and oxygen atoms in total. The number of carbonyl (C=O) groups is 1. The number of ether oxygens (including phenoxy) is 1. The minimum absolute atomic E-state index is 0.0224. The Hall–Kier alpha value is -2.79. The third-order valence-corrected chi connectivity index (χ3v) is 4.72. The van der Waals surface area contributed by atoms with Crippen molar-refractivity contribution in [1.29, 1.82) is 0 Å². The lowest BCUT2D eigenvalue weighted by Gasteiger charge is -2.25. The highest BCUT2D eigenvalue weighted by Gasteiger charge is 2.26. The number of furan rings is 1. The third-order valence-electron chi connectivity index (χ3n) is 4.72. The molecule has 134 valence electrons. The predicted octanol–water partition coefficient (Wildman–Crippen LogP) is 3.96. The summed E-state index contributed by atoms with van der Waals surface area (Å²) < 4.78 is 11.5. The second-order valence-corrected chi connectivity index (χ2v) is 6.60. The first kappa shape index (κ1) is 16.7. The molecule has 0 aliphatic carbocycles. The maximum Gasteiger partial charge on any atom is 0.289 e. The van der Waals surface area contributed by atoms with Gasteiger partial charge in [-0.2, -0.15) is 0 Å². The second-order valence-electron chi connectivity index (χ2n) is 6.60. The van der Waals surface area contributed by atoms with Crippen LogP contribution in [0, 0.1) is 0 Å². The molecule has 2 heterocycles. The van der Waals surface area contributed by atoms with Gasteiger partial charge in [-0.25, -0.2) is 0 Å². The minimum atomic E-state index is -0.194. The minimum Gasteiger partial charge on any atom is -0.508 e. The molecule has 1 aliphatic heterocycles. The van der Waals surface area contributed by atoms with E-state index in [9.17, 15) is 9.90 Å². The zero-order valence-corrected chi connectivity index (χ0v) is 14.4. The summed E-state index contributed by atoms with van der Waals surface area (Å²) >= 11 is 0. The fourth-order valence-corrected chi connectivity index (χ4v) is 3.35. The molecule has 1 amide bonds. The molecule has 1 fully saturated rings. The van der Waals surface area contributed by atoms with Crippen molar-refractivity contribution in [3.63, 3.8) is 0 Å². The molecule has 1 saturated heterocycles. The molecule has 0 radical (unpaired) electrons. The monoisotopic (exact) mass is 351 g/mol. The SMILES string of the molecule is O=C(c1cc2ccccc2o1)N(Cc1ccccc1O)CC1CCCO1. The lowest BCUT2D eigenvalue weighted by Crippen LogP contribution is -2.36. The second kappa shape index (κ2) is 7.22. The predicted molar refractivity (Wildman–Crippen MR) is 98.0 cm³/mol. The quantitative estimate of drug-likeness (QED) is 0.756. The van der Waals surface area contributed by atoms with Crippen molar-refractivity contribution in [1.82, 2.24) is 4.90 Å². The average Bonchev–Trinajstić information content (AvgIpc) is 3.31. The highest BCUT2D eigenvalue weighted by atomic mass is 16.5. The molecule has 26 heavy (non-hydrogen) atoms. The summed E-state index contributed by atoms with van der Waals surface area (Å²) in [7, 11) is 0. The smallest absolute Gasteiger partial charge is 0.289 e. The van der Waals surface area contributed by atoms with Gasteiger partial charge in [0.05, 0.1) is 6.10 Å². The molecule has 0 saturated carbocycles. The molecule has 1 N–H and O–H groups in total. The van der Waals surface area contributed by atoms with E-state index in [2.05, 4.69) is 0 Å². The number of aromatic hydroxyl groups is 1. The Kier molecular flexibility index (Phi) is 4.63. The summed E-state index contributed by atoms with van der Waals surface area (Å²) in [4.78, 5) is 14.8. The highest BCUT2D eigenvalue weighted by Crippen LogP contribution is 2.24. The number of amides is 1. The van der Waals surface area contributed by atoms with Crippen LogP contribution in [0.2, 0.25) is 0 Å². The normalized spacial score (nSPS) is 16.8. The van der Waals surface area contributed by atoms with Crippen molar-refractivity contribution in [2.24, 2.45) is 0 Å². The maximum absolute atomic E-state index is 13.1. The third kappa shape index (κ3) is 3.44. The number of hydrogen-bond acceptors (Lipinski definition) is 4. The van der Waals surface area contributed by atoms with Crippen LogP contribution in [0.3, 0.4) is 0 Å². The summed E-state index contributed by atoms with van der Waals surface area (Å²) in [6.45, 7) is 1.51. The first-order valence-corrected chi connectivity index (χ1v) is 8.87. The van der Waals surface area contributed by atoms with Crippen LogP contribution < -0.4 is 0 Å². The molecule has 0 spiro atoms. The van der Waals surface area contributed by atoms with Crippen molar-refractivity contribution in [2.75, 3.05) is 13.2 Å². The van der Waals surface area contributed by atoms with Gasteiger partial charge in [0.25, 0.3) is 5.91 Å². The first-order valence-electron chi connectivity index (χ1n) is 8.87. The molecule has 1 aliphatic rings. The average molecular weight is 351 g/mol. The van der Waals surface area contributed by atoms with Crippen molar-refractivity contribution >= 4 is 16.9 Å². The molecule has 1 atom stereocenters. The van der Waals surface area contributed by atoms with Gasteiger partial charge in [-0.05, 0) is 31.0 Å². The van der Waals surface area contributed by atoms with Crippen LogP contribution in [-0.2, 0) is 11.3 Å². The van der Waals surface area contributed by atoms with Crippen molar-refractivity contribution in [3.8, 4) is 5.75 Å². The molecule has 3 aromatic rings. The van der Waals surface area contributed by atoms with Crippen LogP contribution in [0.25, 0.3) is 11.0 Å². The Labute approximate surface area is 151 Å². The van der Waals surface area contributed by atoms with Crippen molar-refractivity contribution in [2.45, 2.75) is 25.5 Å². The molecule has 4 rings (SSSR count). The lowest BCUT2D eigenvalue weighted by atomic mass is 10.1. The van der Waals surface area contributed by atoms with Crippen LogP contribution in [0.4, 0.5) is 0 Å². The number of benzene rings is 2. The zero-order chi connectivity index (χ0) is 17.9. The Morgan fingerprint density at radius 1 is 1.15 bits per heavy atom. The maximum atomic E-state index is 13.1. The number of hydrogen-bond donors (Lipinski definition) is 1. The van der Waals surface area contributed by atoms with E-state index in [1.807, 2.05) is 36.4 Å². The summed E-state index contributed by atoms with van der Waals surface area (Å²) in [5.41, 5.74) is 1.39. The largest absolute Gasteiger partial charge is 0.508 e. The molecular formula is C21H21NO4. The van der Waals surface area contributed by atoms with Gasteiger partial charge >= 0.3 is 0 Å². The van der Waals surface area contributed by atoms with Crippen LogP contribution in [0.15, 0.2) is 59.0 Å². The van der Waals surface area contributed by atoms with Gasteiger partial charge in [-0.1, -0.05) is 36.4 Å². The summed E-state index contributed by atoms with van der Waals surface area (Å²) in [5.74, 6) is 0.293. The van der Waals surface area contributed by atoms with E-state index in [4.69, 9.17) is 9.15 Å². The van der Waals surface area contributed by atoms with Gasteiger partial charge in [0, 0.05) is 30.6 Å². The standard InChI is InChI=1S/C21H21NO4/c23-18-9-3-1-7-16(18)13-22(14-17-8-5-11-25-17)21(24)20-12-15-6-2-4-10-19(15)26-20/h1-4,6-7,9-10,12,17,23H,5,8,11,13-14H2. The van der Waals surface area contributed by atoms with Gasteiger partial charge in [-0.15, -0.1) is 0 Å². The van der Waals surface area contributed by atoms with Gasteiger partial charge in [0.2, 0.25) is 0 Å². The molecule has 0 bridgehead atoms. The van der Waals surface area contributed by atoms with Gasteiger partial charge < -0.3 is 19.2 Å². The Morgan fingerprint density at radius 2 is 1.96 bits per heavy atom. The summed E-state index contributed by atoms with van der Waals surface area (Å²) in [6, 6.07) is 16.4.